The summed E-state index contributed by atoms with van der Waals surface area (Å²) >= 11 is 11.7. The first kappa shape index (κ1) is 12.6. The van der Waals surface area contributed by atoms with E-state index in [4.69, 9.17) is 28.9 Å². The maximum atomic E-state index is 13.4. The average molecular weight is 297 g/mol. The number of nitrogens with two attached hydrogens (primary N) is 1. The lowest BCUT2D eigenvalue weighted by Gasteiger charge is -2.18. The smallest absolute Gasteiger partial charge is 0.160 e. The molecule has 0 bridgehead atoms. The van der Waals surface area contributed by atoms with Crippen molar-refractivity contribution in [1.82, 2.24) is 0 Å². The molecule has 19 heavy (non-hydrogen) atoms. The van der Waals surface area contributed by atoms with E-state index in [1.807, 2.05) is 18.2 Å². The second kappa shape index (κ2) is 4.58. The first-order valence-electron chi connectivity index (χ1n) is 5.81. The molecule has 0 atom stereocenters. The Morgan fingerprint density at radius 3 is 2.32 bits per heavy atom. The van der Waals surface area contributed by atoms with Crippen LogP contribution in [0.1, 0.15) is 11.1 Å². The lowest BCUT2D eigenvalue weighted by Crippen LogP contribution is -2.14. The highest BCUT2D eigenvalue weighted by Gasteiger charge is 2.21. The molecule has 1 heterocycles. The molecule has 2 N–H and O–H groups in total. The van der Waals surface area contributed by atoms with Crippen LogP contribution in [0.3, 0.4) is 0 Å². The van der Waals surface area contributed by atoms with Crippen LogP contribution >= 0.6 is 23.2 Å². The van der Waals surface area contributed by atoms with E-state index in [1.165, 1.54) is 11.1 Å². The Morgan fingerprint density at radius 2 is 1.63 bits per heavy atom. The van der Waals surface area contributed by atoms with Gasteiger partial charge in [0.1, 0.15) is 0 Å². The number of nitrogens with zero attached hydrogens (tertiary/aromatic N) is 1. The van der Waals surface area contributed by atoms with Crippen LogP contribution in [-0.2, 0) is 13.1 Å². The topological polar surface area (TPSA) is 29.3 Å². The zero-order chi connectivity index (χ0) is 13.6. The quantitative estimate of drug-likeness (QED) is 0.630. The molecule has 0 aromatic heterocycles. The van der Waals surface area contributed by atoms with Crippen LogP contribution in [0.4, 0.5) is 15.8 Å². The number of rotatable bonds is 1. The van der Waals surface area contributed by atoms with Crippen molar-refractivity contribution in [3.8, 4) is 0 Å². The van der Waals surface area contributed by atoms with Gasteiger partial charge in [0, 0.05) is 24.5 Å². The number of hydrogen-bond donors (Lipinski definition) is 1. The van der Waals surface area contributed by atoms with Gasteiger partial charge in [-0.25, -0.2) is 4.39 Å². The molecule has 0 fully saturated rings. The molecule has 0 saturated heterocycles. The Bertz CT molecular complexity index is 635. The second-order valence-corrected chi connectivity index (χ2v) is 5.42. The number of benzene rings is 2. The Morgan fingerprint density at radius 1 is 1.00 bits per heavy atom. The minimum absolute atomic E-state index is 0.0398. The highest BCUT2D eigenvalue weighted by Crippen LogP contribution is 2.34. The molecular weight excluding hydrogens is 286 g/mol. The summed E-state index contributed by atoms with van der Waals surface area (Å²) in [6, 6.07) is 9.04. The first-order chi connectivity index (χ1) is 9.04. The molecule has 1 aliphatic heterocycles. The molecule has 1 aliphatic rings. The molecular formula is C14H11Cl2FN2. The van der Waals surface area contributed by atoms with Crippen molar-refractivity contribution >= 4 is 34.6 Å². The van der Waals surface area contributed by atoms with Crippen LogP contribution in [0.25, 0.3) is 0 Å². The second-order valence-electron chi connectivity index (χ2n) is 4.61. The summed E-state index contributed by atoms with van der Waals surface area (Å²) in [4.78, 5) is 2.08. The summed E-state index contributed by atoms with van der Waals surface area (Å²) in [5, 5.41) is 0.0796. The number of halogens is 3. The molecule has 2 aromatic carbocycles. The molecule has 0 saturated carbocycles. The Hall–Kier alpha value is -1.45. The first-order valence-corrected chi connectivity index (χ1v) is 6.57. The third-order valence-electron chi connectivity index (χ3n) is 3.29. The Balaban J connectivity index is 1.95. The van der Waals surface area contributed by atoms with Crippen LogP contribution in [0.5, 0.6) is 0 Å². The van der Waals surface area contributed by atoms with E-state index in [1.54, 1.807) is 12.1 Å². The number of nitrogen functional groups attached to an aromatic ring is 1. The largest absolute Gasteiger partial charge is 0.399 e. The minimum atomic E-state index is -0.576. The van der Waals surface area contributed by atoms with Crippen LogP contribution in [0, 0.1) is 5.82 Å². The van der Waals surface area contributed by atoms with E-state index >= 15 is 0 Å². The third kappa shape index (κ3) is 2.24. The minimum Gasteiger partial charge on any atom is -0.399 e. The summed E-state index contributed by atoms with van der Waals surface area (Å²) < 4.78 is 13.4. The number of fused-ring (bicyclic) bond motifs is 1. The third-order valence-corrected chi connectivity index (χ3v) is 3.84. The van der Waals surface area contributed by atoms with Gasteiger partial charge in [-0.15, -0.1) is 0 Å². The van der Waals surface area contributed by atoms with E-state index in [9.17, 15) is 4.39 Å². The van der Waals surface area contributed by atoms with E-state index in [0.717, 1.165) is 24.5 Å². The lowest BCUT2D eigenvalue weighted by molar-refractivity contribution is 0.628. The van der Waals surface area contributed by atoms with Gasteiger partial charge >= 0.3 is 0 Å². The van der Waals surface area contributed by atoms with Crippen molar-refractivity contribution in [3.05, 3.63) is 57.3 Å². The summed E-state index contributed by atoms with van der Waals surface area (Å²) in [5.74, 6) is -0.576. The highest BCUT2D eigenvalue weighted by molar-refractivity contribution is 6.35. The van der Waals surface area contributed by atoms with Gasteiger partial charge in [-0.2, -0.15) is 0 Å². The van der Waals surface area contributed by atoms with Crippen LogP contribution in [0.15, 0.2) is 30.3 Å². The van der Waals surface area contributed by atoms with Gasteiger partial charge in [-0.1, -0.05) is 29.3 Å². The van der Waals surface area contributed by atoms with Gasteiger partial charge in [0.2, 0.25) is 0 Å². The van der Waals surface area contributed by atoms with Crippen LogP contribution in [-0.4, -0.2) is 0 Å². The SMILES string of the molecule is Nc1ccc2c(c1)CN(c1cc(Cl)c(F)c(Cl)c1)C2. The van der Waals surface area contributed by atoms with Gasteiger partial charge < -0.3 is 10.6 Å². The van der Waals surface area contributed by atoms with Crippen molar-refractivity contribution in [2.75, 3.05) is 10.6 Å². The molecule has 0 amide bonds. The van der Waals surface area contributed by atoms with E-state index in [-0.39, 0.29) is 10.0 Å². The van der Waals surface area contributed by atoms with Crippen molar-refractivity contribution in [2.24, 2.45) is 0 Å². The predicted octanol–water partition coefficient (Wildman–Crippen LogP) is 4.23. The van der Waals surface area contributed by atoms with E-state index < -0.39 is 5.82 Å². The van der Waals surface area contributed by atoms with Crippen molar-refractivity contribution in [2.45, 2.75) is 13.1 Å². The van der Waals surface area contributed by atoms with E-state index in [2.05, 4.69) is 4.90 Å². The molecule has 0 spiro atoms. The van der Waals surface area contributed by atoms with Crippen molar-refractivity contribution in [3.63, 3.8) is 0 Å². The zero-order valence-electron chi connectivity index (χ0n) is 9.96. The number of hydrogen-bond acceptors (Lipinski definition) is 2. The van der Waals surface area contributed by atoms with Gasteiger partial charge in [0.15, 0.2) is 5.82 Å². The summed E-state index contributed by atoms with van der Waals surface area (Å²) in [5.41, 5.74) is 9.72. The maximum Gasteiger partial charge on any atom is 0.160 e. The summed E-state index contributed by atoms with van der Waals surface area (Å²) in [6.45, 7) is 1.46. The summed E-state index contributed by atoms with van der Waals surface area (Å²) in [6.07, 6.45) is 0. The normalized spacial score (nSPS) is 13.7. The van der Waals surface area contributed by atoms with Crippen LogP contribution < -0.4 is 10.6 Å². The molecule has 2 nitrogen and oxygen atoms in total. The standard InChI is InChI=1S/C14H11Cl2FN2/c15-12-4-11(5-13(16)14(12)17)19-6-8-1-2-10(18)3-9(8)7-19/h1-5H,6-7,18H2. The van der Waals surface area contributed by atoms with Crippen molar-refractivity contribution < 1.29 is 4.39 Å². The monoisotopic (exact) mass is 296 g/mol. The molecule has 0 unspecified atom stereocenters. The predicted molar refractivity (Wildman–Crippen MR) is 77.2 cm³/mol. The van der Waals surface area contributed by atoms with Gasteiger partial charge in [-0.05, 0) is 35.4 Å². The fraction of sp³-hybridized carbons (Fsp3) is 0.143. The van der Waals surface area contributed by atoms with Gasteiger partial charge in [-0.3, -0.25) is 0 Å². The maximum absolute atomic E-state index is 13.4. The van der Waals surface area contributed by atoms with Gasteiger partial charge in [0.05, 0.1) is 10.0 Å². The molecule has 3 rings (SSSR count). The highest BCUT2D eigenvalue weighted by atomic mass is 35.5. The fourth-order valence-corrected chi connectivity index (χ4v) is 2.80. The molecule has 0 aliphatic carbocycles. The number of anilines is 2. The molecule has 98 valence electrons. The molecule has 0 radical (unpaired) electrons. The molecule has 5 heteroatoms. The Labute approximate surface area is 120 Å². The van der Waals surface area contributed by atoms with Crippen molar-refractivity contribution in [1.29, 1.82) is 0 Å². The molecule has 2 aromatic rings. The lowest BCUT2D eigenvalue weighted by atomic mass is 10.1. The summed E-state index contributed by atoms with van der Waals surface area (Å²) in [7, 11) is 0. The Kier molecular flexibility index (Phi) is 3.03. The fourth-order valence-electron chi connectivity index (χ4n) is 2.32. The van der Waals surface area contributed by atoms with Gasteiger partial charge in [0.25, 0.3) is 0 Å². The zero-order valence-corrected chi connectivity index (χ0v) is 11.5. The van der Waals surface area contributed by atoms with Crippen LogP contribution in [0.2, 0.25) is 10.0 Å². The van der Waals surface area contributed by atoms with E-state index in [0.29, 0.717) is 0 Å². The average Bonchev–Trinajstić information content (AvgIpc) is 2.78.